The average molecular weight is 445 g/mol. The molecule has 0 spiro atoms. The maximum Gasteiger partial charge on any atom is 0.407 e. The minimum absolute atomic E-state index is 0.0288. The Morgan fingerprint density at radius 2 is 1.48 bits per heavy atom. The molecule has 1 N–H and O–H groups in total. The van der Waals surface area contributed by atoms with Crippen LogP contribution >= 0.6 is 0 Å². The highest BCUT2D eigenvalue weighted by Crippen LogP contribution is 2.06. The summed E-state index contributed by atoms with van der Waals surface area (Å²) in [7, 11) is 0. The highest BCUT2D eigenvalue weighted by molar-refractivity contribution is 5.76. The lowest BCUT2D eigenvalue weighted by Gasteiger charge is -2.22. The molecule has 2 amide bonds. The standard InChI is InChI=1S/C22H40N2O7/c1-6-12-27-14-16-29-18-19-30-17-15-28-13-9-20(25)24(7-2)11-8-10-23-21(26)31-22(3,4)5/h1H,7-19H2,2-5H3,(H,23,26). The summed E-state index contributed by atoms with van der Waals surface area (Å²) >= 11 is 0. The molecule has 180 valence electrons. The molecule has 0 saturated heterocycles. The molecule has 31 heavy (non-hydrogen) atoms. The third-order valence-electron chi connectivity index (χ3n) is 3.77. The Balaban J connectivity index is 3.61. The molecule has 9 nitrogen and oxygen atoms in total. The highest BCUT2D eigenvalue weighted by Gasteiger charge is 2.16. The molecule has 0 unspecified atom stereocenters. The molecule has 0 aliphatic heterocycles. The first kappa shape index (κ1) is 29.1. The number of carbonyl (C=O) groups is 2. The average Bonchev–Trinajstić information content (AvgIpc) is 2.70. The van der Waals surface area contributed by atoms with Crippen molar-refractivity contribution >= 4 is 12.0 Å². The Kier molecular flexibility index (Phi) is 17.7. The minimum Gasteiger partial charge on any atom is -0.444 e. The summed E-state index contributed by atoms with van der Waals surface area (Å²) < 4.78 is 26.4. The number of amides is 2. The van der Waals surface area contributed by atoms with Gasteiger partial charge in [0.25, 0.3) is 0 Å². The Morgan fingerprint density at radius 1 is 0.935 bits per heavy atom. The van der Waals surface area contributed by atoms with Gasteiger partial charge in [-0.1, -0.05) is 5.92 Å². The van der Waals surface area contributed by atoms with Crippen molar-refractivity contribution in [3.05, 3.63) is 0 Å². The fraction of sp³-hybridized carbons (Fsp3) is 0.818. The number of ether oxygens (including phenoxy) is 5. The molecule has 0 heterocycles. The molecule has 0 fully saturated rings. The third kappa shape index (κ3) is 19.8. The second kappa shape index (κ2) is 18.9. The molecule has 9 heteroatoms. The zero-order valence-electron chi connectivity index (χ0n) is 19.6. The first-order valence-electron chi connectivity index (χ1n) is 10.8. The van der Waals surface area contributed by atoms with Gasteiger partial charge in [-0.3, -0.25) is 4.79 Å². The van der Waals surface area contributed by atoms with Gasteiger partial charge in [0, 0.05) is 19.6 Å². The molecule has 0 aliphatic carbocycles. The van der Waals surface area contributed by atoms with Crippen molar-refractivity contribution in [1.82, 2.24) is 10.2 Å². The van der Waals surface area contributed by atoms with Gasteiger partial charge in [-0.05, 0) is 34.1 Å². The molecule has 0 aliphatic rings. The first-order valence-corrected chi connectivity index (χ1v) is 10.8. The van der Waals surface area contributed by atoms with E-state index in [1.165, 1.54) is 0 Å². The van der Waals surface area contributed by atoms with Crippen molar-refractivity contribution in [1.29, 1.82) is 0 Å². The minimum atomic E-state index is -0.522. The maximum absolute atomic E-state index is 12.3. The lowest BCUT2D eigenvalue weighted by Crippen LogP contribution is -2.36. The van der Waals surface area contributed by atoms with E-state index in [9.17, 15) is 9.59 Å². The Hall–Kier alpha value is -1.86. The summed E-state index contributed by atoms with van der Waals surface area (Å²) in [5.74, 6) is 2.41. The third-order valence-corrected chi connectivity index (χ3v) is 3.77. The van der Waals surface area contributed by atoms with Crippen molar-refractivity contribution in [3.63, 3.8) is 0 Å². The molecule has 0 aromatic heterocycles. The van der Waals surface area contributed by atoms with E-state index >= 15 is 0 Å². The van der Waals surface area contributed by atoms with E-state index in [1.807, 2.05) is 27.7 Å². The molecule has 0 radical (unpaired) electrons. The summed E-state index contributed by atoms with van der Waals surface area (Å²) in [6, 6.07) is 0. The van der Waals surface area contributed by atoms with E-state index in [0.29, 0.717) is 85.3 Å². The van der Waals surface area contributed by atoms with Crippen molar-refractivity contribution in [2.24, 2.45) is 0 Å². The fourth-order valence-corrected chi connectivity index (χ4v) is 2.34. The lowest BCUT2D eigenvalue weighted by molar-refractivity contribution is -0.132. The van der Waals surface area contributed by atoms with Crippen molar-refractivity contribution in [2.45, 2.75) is 46.1 Å². The molecule has 0 saturated carbocycles. The molecule has 0 aromatic rings. The van der Waals surface area contributed by atoms with Crippen LogP contribution in [0.2, 0.25) is 0 Å². The summed E-state index contributed by atoms with van der Waals surface area (Å²) in [5.41, 5.74) is -0.522. The number of alkyl carbamates (subject to hydrolysis) is 1. The van der Waals surface area contributed by atoms with Gasteiger partial charge in [0.2, 0.25) is 5.91 Å². The van der Waals surface area contributed by atoms with Crippen LogP contribution < -0.4 is 5.32 Å². The normalized spacial score (nSPS) is 11.1. The van der Waals surface area contributed by atoms with Crippen LogP contribution in [0.25, 0.3) is 0 Å². The number of hydrogen-bond acceptors (Lipinski definition) is 7. The van der Waals surface area contributed by atoms with E-state index in [2.05, 4.69) is 11.2 Å². The number of carbonyl (C=O) groups excluding carboxylic acids is 2. The Morgan fingerprint density at radius 3 is 2.00 bits per heavy atom. The van der Waals surface area contributed by atoms with E-state index in [1.54, 1.807) is 4.90 Å². The predicted octanol–water partition coefficient (Wildman–Crippen LogP) is 1.84. The molecule has 0 bridgehead atoms. The number of hydrogen-bond donors (Lipinski definition) is 1. The zero-order valence-corrected chi connectivity index (χ0v) is 19.6. The molecule has 0 atom stereocenters. The van der Waals surface area contributed by atoms with Gasteiger partial charge in [-0.2, -0.15) is 0 Å². The summed E-state index contributed by atoms with van der Waals surface area (Å²) in [4.78, 5) is 25.6. The van der Waals surface area contributed by atoms with Crippen molar-refractivity contribution in [2.75, 3.05) is 72.5 Å². The monoisotopic (exact) mass is 444 g/mol. The summed E-state index contributed by atoms with van der Waals surface area (Å²) in [6.45, 7) is 12.4. The van der Waals surface area contributed by atoms with Crippen molar-refractivity contribution in [3.8, 4) is 12.3 Å². The van der Waals surface area contributed by atoms with E-state index in [0.717, 1.165) is 0 Å². The van der Waals surface area contributed by atoms with Crippen molar-refractivity contribution < 1.29 is 33.3 Å². The van der Waals surface area contributed by atoms with Gasteiger partial charge in [0.1, 0.15) is 12.2 Å². The van der Waals surface area contributed by atoms with E-state index < -0.39 is 11.7 Å². The highest BCUT2D eigenvalue weighted by atomic mass is 16.6. The van der Waals surface area contributed by atoms with Crippen LogP contribution in [0.5, 0.6) is 0 Å². The van der Waals surface area contributed by atoms with Gasteiger partial charge in [0.15, 0.2) is 0 Å². The van der Waals surface area contributed by atoms with Crippen LogP contribution in [-0.2, 0) is 28.5 Å². The van der Waals surface area contributed by atoms with Crippen LogP contribution in [0.4, 0.5) is 4.79 Å². The number of nitrogens with one attached hydrogen (secondary N) is 1. The first-order chi connectivity index (χ1) is 14.8. The van der Waals surface area contributed by atoms with Gasteiger partial charge in [-0.15, -0.1) is 6.42 Å². The SMILES string of the molecule is C#CCOCCOCCOCCOCCC(=O)N(CC)CCCNC(=O)OC(C)(C)C. The number of rotatable bonds is 18. The number of nitrogens with zero attached hydrogens (tertiary/aromatic N) is 1. The van der Waals surface area contributed by atoms with Crippen LogP contribution in [0.1, 0.15) is 40.5 Å². The predicted molar refractivity (Wildman–Crippen MR) is 118 cm³/mol. The van der Waals surface area contributed by atoms with E-state index in [-0.39, 0.29) is 5.91 Å². The largest absolute Gasteiger partial charge is 0.444 e. The van der Waals surface area contributed by atoms with E-state index in [4.69, 9.17) is 30.1 Å². The summed E-state index contributed by atoms with van der Waals surface area (Å²) in [6.07, 6.45) is 5.59. The second-order valence-electron chi connectivity index (χ2n) is 7.60. The Labute approximate surface area is 187 Å². The zero-order chi connectivity index (χ0) is 23.4. The van der Waals surface area contributed by atoms with Gasteiger partial charge >= 0.3 is 6.09 Å². The number of terminal acetylenes is 1. The summed E-state index contributed by atoms with van der Waals surface area (Å²) in [5, 5.41) is 2.69. The molecule has 0 rings (SSSR count). The fourth-order valence-electron chi connectivity index (χ4n) is 2.34. The van der Waals surface area contributed by atoms with Crippen LogP contribution in [-0.4, -0.2) is 95.0 Å². The van der Waals surface area contributed by atoms with Gasteiger partial charge < -0.3 is 33.9 Å². The maximum atomic E-state index is 12.3. The van der Waals surface area contributed by atoms with Crippen LogP contribution in [0.15, 0.2) is 0 Å². The van der Waals surface area contributed by atoms with Crippen LogP contribution in [0.3, 0.4) is 0 Å². The quantitative estimate of drug-likeness (QED) is 0.255. The smallest absolute Gasteiger partial charge is 0.407 e. The molecule has 0 aromatic carbocycles. The second-order valence-corrected chi connectivity index (χ2v) is 7.60. The van der Waals surface area contributed by atoms with Gasteiger partial charge in [-0.25, -0.2) is 4.79 Å². The lowest BCUT2D eigenvalue weighted by atomic mass is 10.2. The van der Waals surface area contributed by atoms with Crippen LogP contribution in [0, 0.1) is 12.3 Å². The van der Waals surface area contributed by atoms with Gasteiger partial charge in [0.05, 0.1) is 52.7 Å². The Bertz CT molecular complexity index is 515. The molecular formula is C22H40N2O7. The molecular weight excluding hydrogens is 404 g/mol. The topological polar surface area (TPSA) is 95.6 Å².